The van der Waals surface area contributed by atoms with Gasteiger partial charge in [-0.2, -0.15) is 0 Å². The number of piperidine rings is 2. The summed E-state index contributed by atoms with van der Waals surface area (Å²) in [5.74, 6) is 1.39. The molecule has 0 bridgehead atoms. The third-order valence-electron chi connectivity index (χ3n) is 9.78. The predicted octanol–water partition coefficient (Wildman–Crippen LogP) is 7.34. The van der Waals surface area contributed by atoms with Crippen LogP contribution in [0.4, 0.5) is 21.0 Å². The average molecular weight is 795 g/mol. The zero-order valence-electron chi connectivity index (χ0n) is 31.1. The molecule has 18 heteroatoms. The van der Waals surface area contributed by atoms with Crippen LogP contribution >= 0.6 is 0 Å². The summed E-state index contributed by atoms with van der Waals surface area (Å²) in [7, 11) is 0. The highest BCUT2D eigenvalue weighted by molar-refractivity contribution is 5.80. The minimum Gasteiger partial charge on any atom is -0.450 e. The summed E-state index contributed by atoms with van der Waals surface area (Å²) in [6.07, 6.45) is 8.77. The lowest BCUT2D eigenvalue weighted by molar-refractivity contribution is -0.385. The molecule has 0 unspecified atom stereocenters. The van der Waals surface area contributed by atoms with E-state index in [1.165, 1.54) is 12.3 Å². The van der Waals surface area contributed by atoms with Crippen LogP contribution in [-0.2, 0) is 9.47 Å². The molecule has 8 rings (SSSR count). The van der Waals surface area contributed by atoms with Gasteiger partial charge in [0.2, 0.25) is 0 Å². The fourth-order valence-corrected chi connectivity index (χ4v) is 7.15. The lowest BCUT2D eigenvalue weighted by atomic mass is 10.0. The number of hydrogen-bond acceptors (Lipinski definition) is 13. The summed E-state index contributed by atoms with van der Waals surface area (Å²) in [5.41, 5.74) is 10.4. The van der Waals surface area contributed by atoms with Crippen LogP contribution in [0.3, 0.4) is 0 Å². The van der Waals surface area contributed by atoms with E-state index in [2.05, 4.69) is 29.5 Å². The zero-order valence-corrected chi connectivity index (χ0v) is 31.1. The minimum absolute atomic E-state index is 0. The van der Waals surface area contributed by atoms with Crippen molar-refractivity contribution < 1.29 is 24.0 Å². The first kappa shape index (κ1) is 42.4. The Labute approximate surface area is 336 Å². The molecule has 0 aromatic carbocycles. The number of amides is 2. The molecule has 2 fully saturated rings. The molecule has 306 valence electrons. The summed E-state index contributed by atoms with van der Waals surface area (Å²) < 4.78 is 14.3. The number of likely N-dealkylation sites (tertiary alicyclic amines) is 2. The maximum atomic E-state index is 12.0. The molecule has 18 nitrogen and oxygen atoms in total. The summed E-state index contributed by atoms with van der Waals surface area (Å²) >= 11 is 0. The first-order valence-corrected chi connectivity index (χ1v) is 18.6. The smallest absolute Gasteiger partial charge is 0.409 e. The highest BCUT2D eigenvalue weighted by atomic mass is 16.6. The molecule has 6 aromatic heterocycles. The Bertz CT molecular complexity index is 2320. The van der Waals surface area contributed by atoms with E-state index in [1.54, 1.807) is 35.3 Å². The summed E-state index contributed by atoms with van der Waals surface area (Å²) in [6, 6.07) is 14.8. The molecule has 2 amide bonds. The maximum Gasteiger partial charge on any atom is 0.409 e. The number of anilines is 1. The molecule has 2 aliphatic heterocycles. The first-order chi connectivity index (χ1) is 27.2. The molecule has 0 aliphatic carbocycles. The van der Waals surface area contributed by atoms with Gasteiger partial charge in [0.05, 0.1) is 30.0 Å². The molecule has 0 spiro atoms. The van der Waals surface area contributed by atoms with E-state index < -0.39 is 4.92 Å². The van der Waals surface area contributed by atoms with Gasteiger partial charge in [-0.3, -0.25) is 20.1 Å². The molecular formula is C40H50N12O6. The molecule has 58 heavy (non-hydrogen) atoms. The van der Waals surface area contributed by atoms with Crippen LogP contribution in [-0.4, -0.2) is 105 Å². The summed E-state index contributed by atoms with van der Waals surface area (Å²) in [6.45, 7) is 6.72. The molecule has 0 atom stereocenters. The van der Waals surface area contributed by atoms with E-state index in [4.69, 9.17) is 20.2 Å². The van der Waals surface area contributed by atoms with Crippen LogP contribution in [0.1, 0.15) is 66.5 Å². The van der Waals surface area contributed by atoms with Crippen LogP contribution in [0.25, 0.3) is 45.4 Å². The molecule has 0 saturated carbocycles. The number of nitrogens with zero attached hydrogens (tertiary/aromatic N) is 11. The second kappa shape index (κ2) is 18.9. The monoisotopic (exact) mass is 794 g/mol. The van der Waals surface area contributed by atoms with Crippen molar-refractivity contribution in [3.8, 4) is 23.0 Å². The van der Waals surface area contributed by atoms with Crippen molar-refractivity contribution >= 4 is 45.9 Å². The van der Waals surface area contributed by atoms with Crippen molar-refractivity contribution in [3.63, 3.8) is 0 Å². The molecule has 8 heterocycles. The molecular weight excluding hydrogens is 745 g/mol. The van der Waals surface area contributed by atoms with Crippen LogP contribution < -0.4 is 5.73 Å². The normalized spacial score (nSPS) is 14.5. The van der Waals surface area contributed by atoms with Gasteiger partial charge in [0.1, 0.15) is 28.6 Å². The lowest BCUT2D eigenvalue weighted by Crippen LogP contribution is -2.39. The maximum absolute atomic E-state index is 12.0. The van der Waals surface area contributed by atoms with E-state index in [0.29, 0.717) is 80.6 Å². The van der Waals surface area contributed by atoms with Gasteiger partial charge in [-0.1, -0.05) is 27.0 Å². The van der Waals surface area contributed by atoms with Crippen molar-refractivity contribution in [2.45, 2.75) is 66.5 Å². The summed E-state index contributed by atoms with van der Waals surface area (Å²) in [4.78, 5) is 65.2. The highest BCUT2D eigenvalue weighted by Crippen LogP contribution is 2.34. The van der Waals surface area contributed by atoms with Crippen molar-refractivity contribution in [3.05, 3.63) is 83.4 Å². The largest absolute Gasteiger partial charge is 0.450 e. The quantitative estimate of drug-likeness (QED) is 0.124. The number of ether oxygens (including phenoxy) is 2. The predicted molar refractivity (Wildman–Crippen MR) is 220 cm³/mol. The number of nitro groups is 1. The van der Waals surface area contributed by atoms with Gasteiger partial charge < -0.3 is 34.1 Å². The molecule has 2 saturated heterocycles. The number of hydrogen-bond donors (Lipinski definition) is 1. The topological polar surface area (TPSA) is 215 Å². The fraction of sp³-hybridized carbons (Fsp3) is 0.400. The standard InChI is InChI=1S/C19H20N6O4.C19H22N6O2.2CH4/c1-2-29-19(26)23-9-6-13(7-10-23)24-17-16(11-14(12-21-17)25(27)28)22-18(24)15-5-3-4-8-20-15;1-2-27-19(26)24-9-6-14(7-10-24)25-17-16(11-13(20)12-22-17)23-18(25)15-5-3-4-8-21-15;;/h3-5,8,11-13H,2,6-7,9-10H2,1H3;3-5,8,11-12,14H,2,6-7,9-10,20H2,1H3;2*1H4. The minimum atomic E-state index is -0.482. The Hall–Kier alpha value is -6.72. The van der Waals surface area contributed by atoms with Crippen LogP contribution in [0.5, 0.6) is 0 Å². The van der Waals surface area contributed by atoms with Crippen LogP contribution in [0.2, 0.25) is 0 Å². The van der Waals surface area contributed by atoms with Gasteiger partial charge in [-0.05, 0) is 69.9 Å². The molecule has 2 aliphatic rings. The van der Waals surface area contributed by atoms with Gasteiger partial charge in [-0.25, -0.2) is 29.5 Å². The average Bonchev–Trinajstić information content (AvgIpc) is 3.80. The van der Waals surface area contributed by atoms with Crippen molar-refractivity contribution in [1.29, 1.82) is 0 Å². The Kier molecular flexibility index (Phi) is 13.9. The van der Waals surface area contributed by atoms with Crippen molar-refractivity contribution in [1.82, 2.24) is 48.8 Å². The van der Waals surface area contributed by atoms with Crippen molar-refractivity contribution in [2.75, 3.05) is 45.1 Å². The second-order valence-electron chi connectivity index (χ2n) is 13.3. The number of imidazole rings is 2. The van der Waals surface area contributed by atoms with E-state index in [1.807, 2.05) is 54.0 Å². The lowest BCUT2D eigenvalue weighted by Gasteiger charge is -2.32. The van der Waals surface area contributed by atoms with E-state index in [-0.39, 0.29) is 44.8 Å². The number of nitrogens with two attached hydrogens (primary N) is 1. The number of aromatic nitrogens is 8. The number of carbonyl (C=O) groups is 2. The van der Waals surface area contributed by atoms with Crippen molar-refractivity contribution in [2.24, 2.45) is 0 Å². The molecule has 2 N–H and O–H groups in total. The Balaban J connectivity index is 0.000000214. The van der Waals surface area contributed by atoms with E-state index in [9.17, 15) is 19.7 Å². The Morgan fingerprint density at radius 2 is 1.17 bits per heavy atom. The van der Waals surface area contributed by atoms with Gasteiger partial charge in [0.15, 0.2) is 22.9 Å². The summed E-state index contributed by atoms with van der Waals surface area (Å²) in [5, 5.41) is 11.1. The van der Waals surface area contributed by atoms with Crippen LogP contribution in [0.15, 0.2) is 73.3 Å². The fourth-order valence-electron chi connectivity index (χ4n) is 7.15. The van der Waals surface area contributed by atoms with E-state index >= 15 is 0 Å². The molecule has 0 radical (unpaired) electrons. The zero-order chi connectivity index (χ0) is 39.2. The SMILES string of the molecule is C.C.CCOC(=O)N1CCC(n2c(-c3ccccn3)nc3cc(N)cnc32)CC1.CCOC(=O)N1CCC(n2c(-c3ccccn3)nc3cc([N+](=O)[O-])cnc32)CC1. The second-order valence-corrected chi connectivity index (χ2v) is 13.3. The molecule has 6 aromatic rings. The van der Waals surface area contributed by atoms with Gasteiger partial charge in [0, 0.05) is 56.7 Å². The third kappa shape index (κ3) is 8.95. The van der Waals surface area contributed by atoms with Gasteiger partial charge in [-0.15, -0.1) is 0 Å². The Morgan fingerprint density at radius 1 is 0.724 bits per heavy atom. The number of fused-ring (bicyclic) bond motifs is 2. The number of carbonyl (C=O) groups excluding carboxylic acids is 2. The van der Waals surface area contributed by atoms with E-state index in [0.717, 1.165) is 35.5 Å². The van der Waals surface area contributed by atoms with Crippen LogP contribution in [0, 0.1) is 10.1 Å². The number of nitrogen functional groups attached to an aromatic ring is 1. The number of pyridine rings is 4. The first-order valence-electron chi connectivity index (χ1n) is 18.6. The van der Waals surface area contributed by atoms with Gasteiger partial charge in [0.25, 0.3) is 5.69 Å². The Morgan fingerprint density at radius 3 is 1.59 bits per heavy atom. The number of rotatable bonds is 7. The van der Waals surface area contributed by atoms with Gasteiger partial charge >= 0.3 is 12.2 Å². The highest BCUT2D eigenvalue weighted by Gasteiger charge is 2.30. The third-order valence-corrected chi connectivity index (χ3v) is 9.78.